The Labute approximate surface area is 176 Å². The lowest BCUT2D eigenvalue weighted by Crippen LogP contribution is -2.47. The van der Waals surface area contributed by atoms with E-state index in [1.54, 1.807) is 11.1 Å². The summed E-state index contributed by atoms with van der Waals surface area (Å²) in [6.07, 6.45) is 6.09. The van der Waals surface area contributed by atoms with Crippen molar-refractivity contribution in [3.05, 3.63) is 18.1 Å². The number of fused-ring (bicyclic) bond motifs is 1. The molecule has 2 N–H and O–H groups in total. The van der Waals surface area contributed by atoms with Crippen molar-refractivity contribution < 1.29 is 22.1 Å². The van der Waals surface area contributed by atoms with Crippen molar-refractivity contribution in [2.45, 2.75) is 51.7 Å². The van der Waals surface area contributed by atoms with Gasteiger partial charge in [0.05, 0.1) is 18.2 Å². The summed E-state index contributed by atoms with van der Waals surface area (Å²) >= 11 is 0. The Kier molecular flexibility index (Phi) is 6.51. The number of carbonyl (C=O) groups is 1. The Morgan fingerprint density at radius 3 is 2.83 bits per heavy atom. The van der Waals surface area contributed by atoms with Gasteiger partial charge in [-0.1, -0.05) is 0 Å². The summed E-state index contributed by atoms with van der Waals surface area (Å²) < 4.78 is 32.8. The molecule has 1 saturated heterocycles. The first-order chi connectivity index (χ1) is 14.0. The second kappa shape index (κ2) is 8.76. The first-order valence-corrected chi connectivity index (χ1v) is 11.7. The van der Waals surface area contributed by atoms with Gasteiger partial charge in [-0.3, -0.25) is 4.18 Å². The van der Waals surface area contributed by atoms with Crippen LogP contribution in [-0.4, -0.2) is 72.0 Å². The Hall–Kier alpha value is -2.40. The lowest BCUT2D eigenvalue weighted by molar-refractivity contribution is 0.0206. The number of hydrogen-bond acceptors (Lipinski definition) is 8. The van der Waals surface area contributed by atoms with Crippen LogP contribution in [0.25, 0.3) is 11.0 Å². The average Bonchev–Trinajstić information content (AvgIpc) is 3.04. The van der Waals surface area contributed by atoms with E-state index in [9.17, 15) is 13.2 Å². The highest BCUT2D eigenvalue weighted by Gasteiger charge is 2.28. The van der Waals surface area contributed by atoms with Gasteiger partial charge in [0.1, 0.15) is 23.4 Å². The monoisotopic (exact) mass is 439 g/mol. The summed E-state index contributed by atoms with van der Waals surface area (Å²) in [6.45, 7) is 6.76. The number of aromatic nitrogens is 3. The summed E-state index contributed by atoms with van der Waals surface area (Å²) in [7, 11) is -3.50. The molecule has 0 aliphatic carbocycles. The van der Waals surface area contributed by atoms with Crippen molar-refractivity contribution in [2.24, 2.45) is 0 Å². The molecule has 30 heavy (non-hydrogen) atoms. The predicted octanol–water partition coefficient (Wildman–Crippen LogP) is 2.29. The third kappa shape index (κ3) is 6.05. The lowest BCUT2D eigenvalue weighted by Gasteiger charge is -2.34. The molecule has 0 radical (unpaired) electrons. The molecule has 1 fully saturated rings. The van der Waals surface area contributed by atoms with Gasteiger partial charge in [0, 0.05) is 25.3 Å². The molecule has 1 atom stereocenters. The van der Waals surface area contributed by atoms with E-state index >= 15 is 0 Å². The number of likely N-dealkylation sites (tertiary alicyclic amines) is 1. The number of H-pyrrole nitrogens is 1. The molecule has 2 aromatic rings. The SMILES string of the molecule is CC(C)(C)OC(=O)N1CCCC(Nc2ncnc3[nH]cc(CCOS(C)(=O)=O)c23)C1. The van der Waals surface area contributed by atoms with Gasteiger partial charge in [-0.05, 0) is 45.6 Å². The Bertz CT molecular complexity index is 998. The summed E-state index contributed by atoms with van der Waals surface area (Å²) in [4.78, 5) is 25.8. The molecule has 1 amide bonds. The average molecular weight is 440 g/mol. The Morgan fingerprint density at radius 1 is 1.37 bits per heavy atom. The zero-order valence-corrected chi connectivity index (χ0v) is 18.6. The van der Waals surface area contributed by atoms with E-state index in [1.807, 2.05) is 20.8 Å². The molecule has 3 rings (SSSR count). The minimum Gasteiger partial charge on any atom is -0.444 e. The number of nitrogens with zero attached hydrogens (tertiary/aromatic N) is 3. The van der Waals surface area contributed by atoms with Gasteiger partial charge in [0.15, 0.2) is 0 Å². The minimum absolute atomic E-state index is 0.0133. The second-order valence-corrected chi connectivity index (χ2v) is 10.1. The Morgan fingerprint density at radius 2 is 2.13 bits per heavy atom. The molecular weight excluding hydrogens is 410 g/mol. The third-order valence-corrected chi connectivity index (χ3v) is 5.23. The quantitative estimate of drug-likeness (QED) is 0.657. The van der Waals surface area contributed by atoms with Crippen LogP contribution in [0, 0.1) is 0 Å². The molecular formula is C19H29N5O5S. The second-order valence-electron chi connectivity index (χ2n) is 8.45. The normalized spacial score (nSPS) is 17.9. The smallest absolute Gasteiger partial charge is 0.410 e. The maximum Gasteiger partial charge on any atom is 0.410 e. The molecule has 1 unspecified atom stereocenters. The van der Waals surface area contributed by atoms with Crippen LogP contribution in [0.4, 0.5) is 10.6 Å². The van der Waals surface area contributed by atoms with E-state index in [-0.39, 0.29) is 18.7 Å². The van der Waals surface area contributed by atoms with Gasteiger partial charge in [-0.15, -0.1) is 0 Å². The van der Waals surface area contributed by atoms with E-state index in [1.165, 1.54) is 6.33 Å². The zero-order valence-electron chi connectivity index (χ0n) is 17.8. The third-order valence-electron chi connectivity index (χ3n) is 4.63. The lowest BCUT2D eigenvalue weighted by atomic mass is 10.1. The maximum atomic E-state index is 12.4. The number of anilines is 1. The zero-order chi connectivity index (χ0) is 21.9. The molecule has 166 valence electrons. The van der Waals surface area contributed by atoms with Crippen molar-refractivity contribution in [1.29, 1.82) is 0 Å². The van der Waals surface area contributed by atoms with Crippen LogP contribution in [0.1, 0.15) is 39.2 Å². The fraction of sp³-hybridized carbons (Fsp3) is 0.632. The number of rotatable bonds is 6. The molecule has 0 bridgehead atoms. The van der Waals surface area contributed by atoms with Crippen molar-refractivity contribution in [2.75, 3.05) is 31.3 Å². The van der Waals surface area contributed by atoms with Crippen LogP contribution in [0.5, 0.6) is 0 Å². The van der Waals surface area contributed by atoms with Crippen LogP contribution in [0.15, 0.2) is 12.5 Å². The highest BCUT2D eigenvalue weighted by molar-refractivity contribution is 7.85. The molecule has 3 heterocycles. The van der Waals surface area contributed by atoms with Crippen molar-refractivity contribution in [3.8, 4) is 0 Å². The predicted molar refractivity (Wildman–Crippen MR) is 113 cm³/mol. The van der Waals surface area contributed by atoms with Crippen LogP contribution in [0.3, 0.4) is 0 Å². The topological polar surface area (TPSA) is 127 Å². The highest BCUT2D eigenvalue weighted by Crippen LogP contribution is 2.26. The largest absolute Gasteiger partial charge is 0.444 e. The molecule has 10 nitrogen and oxygen atoms in total. The van der Waals surface area contributed by atoms with Crippen molar-refractivity contribution >= 4 is 33.1 Å². The number of piperidine rings is 1. The highest BCUT2D eigenvalue weighted by atomic mass is 32.2. The summed E-state index contributed by atoms with van der Waals surface area (Å²) in [5.74, 6) is 0.645. The Balaban J connectivity index is 1.72. The maximum absolute atomic E-state index is 12.4. The van der Waals surface area contributed by atoms with Crippen LogP contribution < -0.4 is 5.32 Å². The molecule has 1 aliphatic rings. The van der Waals surface area contributed by atoms with Crippen LogP contribution >= 0.6 is 0 Å². The first-order valence-electron chi connectivity index (χ1n) is 9.92. The number of nitrogens with one attached hydrogen (secondary N) is 2. The molecule has 2 aromatic heterocycles. The van der Waals surface area contributed by atoms with Crippen LogP contribution in [0.2, 0.25) is 0 Å². The van der Waals surface area contributed by atoms with Gasteiger partial charge in [-0.2, -0.15) is 8.42 Å². The first kappa shape index (κ1) is 22.3. The molecule has 0 spiro atoms. The number of hydrogen-bond donors (Lipinski definition) is 2. The summed E-state index contributed by atoms with van der Waals surface area (Å²) in [6, 6.07) is 0.0133. The fourth-order valence-electron chi connectivity index (χ4n) is 3.42. The van der Waals surface area contributed by atoms with E-state index in [2.05, 4.69) is 20.3 Å². The van der Waals surface area contributed by atoms with E-state index < -0.39 is 15.7 Å². The van der Waals surface area contributed by atoms with Crippen molar-refractivity contribution in [1.82, 2.24) is 19.9 Å². The van der Waals surface area contributed by atoms with E-state index in [0.717, 1.165) is 30.0 Å². The van der Waals surface area contributed by atoms with Gasteiger partial charge in [-0.25, -0.2) is 14.8 Å². The van der Waals surface area contributed by atoms with E-state index in [0.29, 0.717) is 31.0 Å². The summed E-state index contributed by atoms with van der Waals surface area (Å²) in [5, 5.41) is 4.22. The molecule has 0 saturated carbocycles. The van der Waals surface area contributed by atoms with Crippen LogP contribution in [-0.2, 0) is 25.5 Å². The van der Waals surface area contributed by atoms with Crippen molar-refractivity contribution in [3.63, 3.8) is 0 Å². The van der Waals surface area contributed by atoms with Gasteiger partial charge in [0.2, 0.25) is 0 Å². The molecule has 1 aliphatic heterocycles. The molecule has 0 aromatic carbocycles. The number of carbonyl (C=O) groups excluding carboxylic acids is 1. The van der Waals surface area contributed by atoms with Gasteiger partial charge < -0.3 is 19.9 Å². The van der Waals surface area contributed by atoms with Gasteiger partial charge in [0.25, 0.3) is 10.1 Å². The number of ether oxygens (including phenoxy) is 1. The summed E-state index contributed by atoms with van der Waals surface area (Å²) in [5.41, 5.74) is 0.975. The number of amides is 1. The fourth-order valence-corrected chi connectivity index (χ4v) is 3.80. The van der Waals surface area contributed by atoms with E-state index in [4.69, 9.17) is 8.92 Å². The van der Waals surface area contributed by atoms with Gasteiger partial charge >= 0.3 is 6.09 Å². The number of aromatic amines is 1. The minimum atomic E-state index is -3.50. The molecule has 11 heteroatoms. The standard InChI is InChI=1S/C19H29N5O5S/c1-19(2,3)29-18(25)24-8-5-6-14(11-24)23-17-15-13(7-9-28-30(4,26)27)10-20-16(15)21-12-22-17/h10,12,14H,5-9,11H2,1-4H3,(H2,20,21,22,23).